The highest BCUT2D eigenvalue weighted by Crippen LogP contribution is 2.30. The number of hydrogen-bond acceptors (Lipinski definition) is 5. The van der Waals surface area contributed by atoms with Crippen molar-refractivity contribution < 1.29 is 14.3 Å². The van der Waals surface area contributed by atoms with Crippen LogP contribution in [0.2, 0.25) is 5.02 Å². The van der Waals surface area contributed by atoms with Crippen molar-refractivity contribution in [3.63, 3.8) is 0 Å². The lowest BCUT2D eigenvalue weighted by Gasteiger charge is -2.07. The van der Waals surface area contributed by atoms with Crippen LogP contribution in [0.5, 0.6) is 5.75 Å². The topological polar surface area (TPSA) is 68.3 Å². The molecule has 0 aliphatic heterocycles. The molecular weight excluding hydrogens is 444 g/mol. The van der Waals surface area contributed by atoms with E-state index >= 15 is 0 Å². The molecule has 1 aliphatic rings. The fourth-order valence-electron chi connectivity index (χ4n) is 3.61. The van der Waals surface area contributed by atoms with Crippen molar-refractivity contribution in [2.45, 2.75) is 6.42 Å². The van der Waals surface area contributed by atoms with Crippen LogP contribution in [0.1, 0.15) is 21.5 Å². The van der Waals surface area contributed by atoms with E-state index in [0.29, 0.717) is 33.5 Å². The molecule has 1 aliphatic carbocycles. The summed E-state index contributed by atoms with van der Waals surface area (Å²) in [7, 11) is 0. The lowest BCUT2D eigenvalue weighted by atomic mass is 10.1. The van der Waals surface area contributed by atoms with Gasteiger partial charge in [0.15, 0.2) is 17.5 Å². The average molecular weight is 461 g/mol. The summed E-state index contributed by atoms with van der Waals surface area (Å²) in [6.07, 6.45) is 2.42. The first kappa shape index (κ1) is 20.4. The molecule has 0 bridgehead atoms. The van der Waals surface area contributed by atoms with Crippen molar-refractivity contribution >= 4 is 56.1 Å². The van der Waals surface area contributed by atoms with E-state index < -0.39 is 0 Å². The van der Waals surface area contributed by atoms with Gasteiger partial charge in [0.2, 0.25) is 0 Å². The van der Waals surface area contributed by atoms with Gasteiger partial charge in [-0.05, 0) is 53.6 Å². The number of aromatic nitrogens is 1. The monoisotopic (exact) mass is 460 g/mol. The smallest absolute Gasteiger partial charge is 0.264 e. The molecule has 4 aromatic rings. The number of carbonyl (C=O) groups excluding carboxylic acids is 2. The molecule has 5 rings (SSSR count). The number of anilines is 1. The third-order valence-electron chi connectivity index (χ3n) is 5.10. The number of nitrogens with one attached hydrogen (secondary N) is 1. The number of benzene rings is 3. The molecule has 1 amide bonds. The van der Waals surface area contributed by atoms with Gasteiger partial charge in [0.05, 0.1) is 10.2 Å². The fraction of sp³-hybridized carbons (Fsp3) is 0.0800. The number of fused-ring (bicyclic) bond motifs is 2. The van der Waals surface area contributed by atoms with Crippen molar-refractivity contribution in [1.29, 1.82) is 0 Å². The number of hydrogen-bond donors (Lipinski definition) is 1. The molecule has 0 fully saturated rings. The molecule has 3 aromatic carbocycles. The van der Waals surface area contributed by atoms with Gasteiger partial charge >= 0.3 is 0 Å². The summed E-state index contributed by atoms with van der Waals surface area (Å²) in [5.74, 6) is 0.250. The molecule has 0 saturated heterocycles. The molecule has 0 spiro atoms. The average Bonchev–Trinajstić information content (AvgIpc) is 3.33. The van der Waals surface area contributed by atoms with Gasteiger partial charge in [0.1, 0.15) is 5.75 Å². The zero-order valence-electron chi connectivity index (χ0n) is 16.8. The van der Waals surface area contributed by atoms with Crippen molar-refractivity contribution in [2.75, 3.05) is 11.9 Å². The van der Waals surface area contributed by atoms with Crippen LogP contribution >= 0.6 is 22.9 Å². The second-order valence-corrected chi connectivity index (χ2v) is 8.84. The molecule has 1 N–H and O–H groups in total. The zero-order valence-corrected chi connectivity index (χ0v) is 18.4. The van der Waals surface area contributed by atoms with Crippen molar-refractivity contribution in [2.24, 2.45) is 0 Å². The van der Waals surface area contributed by atoms with Gasteiger partial charge in [-0.3, -0.25) is 14.9 Å². The van der Waals surface area contributed by atoms with Crippen LogP contribution in [0.15, 0.2) is 72.3 Å². The lowest BCUT2D eigenvalue weighted by Crippen LogP contribution is -2.20. The van der Waals surface area contributed by atoms with E-state index in [1.165, 1.54) is 11.3 Å². The molecule has 5 nitrogen and oxygen atoms in total. The van der Waals surface area contributed by atoms with Crippen molar-refractivity contribution in [1.82, 2.24) is 4.98 Å². The molecule has 0 unspecified atom stereocenters. The summed E-state index contributed by atoms with van der Waals surface area (Å²) >= 11 is 7.44. The Morgan fingerprint density at radius 2 is 2.00 bits per heavy atom. The zero-order chi connectivity index (χ0) is 22.1. The Morgan fingerprint density at radius 1 is 1.12 bits per heavy atom. The Kier molecular flexibility index (Phi) is 5.47. The van der Waals surface area contributed by atoms with E-state index in [1.807, 2.05) is 48.5 Å². The van der Waals surface area contributed by atoms with E-state index in [0.717, 1.165) is 21.3 Å². The van der Waals surface area contributed by atoms with E-state index in [2.05, 4.69) is 10.3 Å². The number of rotatable bonds is 5. The van der Waals surface area contributed by atoms with Crippen molar-refractivity contribution in [3.05, 3.63) is 94.0 Å². The number of carbonyl (C=O) groups is 2. The van der Waals surface area contributed by atoms with Crippen LogP contribution in [0, 0.1) is 0 Å². The van der Waals surface area contributed by atoms with Gasteiger partial charge in [0, 0.05) is 22.6 Å². The number of halogens is 1. The van der Waals surface area contributed by atoms with Crippen LogP contribution in [0.25, 0.3) is 16.3 Å². The summed E-state index contributed by atoms with van der Waals surface area (Å²) in [4.78, 5) is 29.4. The van der Waals surface area contributed by atoms with Crippen LogP contribution in [-0.4, -0.2) is 23.3 Å². The summed E-state index contributed by atoms with van der Waals surface area (Å²) in [5, 5.41) is 3.86. The van der Waals surface area contributed by atoms with Crippen LogP contribution < -0.4 is 10.1 Å². The third kappa shape index (κ3) is 4.28. The summed E-state index contributed by atoms with van der Waals surface area (Å²) in [5.41, 5.74) is 4.01. The largest absolute Gasteiger partial charge is 0.484 e. The number of ketones is 1. The van der Waals surface area contributed by atoms with Gasteiger partial charge in [0.25, 0.3) is 5.91 Å². The molecule has 158 valence electrons. The summed E-state index contributed by atoms with van der Waals surface area (Å²) in [6, 6.07) is 20.4. The molecule has 32 heavy (non-hydrogen) atoms. The molecule has 1 heterocycles. The summed E-state index contributed by atoms with van der Waals surface area (Å²) < 4.78 is 6.67. The molecule has 1 aromatic heterocycles. The van der Waals surface area contributed by atoms with Gasteiger partial charge in [-0.25, -0.2) is 4.98 Å². The Hall–Kier alpha value is -3.48. The first-order chi connectivity index (χ1) is 15.5. The minimum atomic E-state index is -0.286. The van der Waals surface area contributed by atoms with E-state index in [4.69, 9.17) is 16.3 Å². The molecular formula is C25H17ClN2O3S. The number of ether oxygens (including phenoxy) is 1. The maximum Gasteiger partial charge on any atom is 0.264 e. The first-order valence-electron chi connectivity index (χ1n) is 9.97. The number of Topliss-reactive ketones (excluding diaryl/α,β-unsaturated/α-hetero) is 1. The minimum Gasteiger partial charge on any atom is -0.484 e. The quantitative estimate of drug-likeness (QED) is 0.383. The Labute approximate surface area is 193 Å². The number of para-hydroxylation sites is 1. The SMILES string of the molecule is O=C(COc1cccc(/C=C2\Cc3ccc(Cl)cc3C2=O)c1)Nc1nc2ccccc2s1. The second-order valence-electron chi connectivity index (χ2n) is 7.37. The van der Waals surface area contributed by atoms with Crippen LogP contribution in [0.3, 0.4) is 0 Å². The predicted molar refractivity (Wildman–Crippen MR) is 128 cm³/mol. The van der Waals surface area contributed by atoms with Crippen LogP contribution in [0.4, 0.5) is 5.13 Å². The van der Waals surface area contributed by atoms with Crippen molar-refractivity contribution in [3.8, 4) is 5.75 Å². The number of amides is 1. The van der Waals surface area contributed by atoms with E-state index in [-0.39, 0.29) is 18.3 Å². The standard InChI is InChI=1S/C25H17ClN2O3S/c26-18-9-8-16-12-17(24(30)20(16)13-18)10-15-4-3-5-19(11-15)31-14-23(29)28-25-27-21-6-1-2-7-22(21)32-25/h1-11,13H,12,14H2,(H,27,28,29)/b17-10+. The normalized spacial score (nSPS) is 14.0. The van der Waals surface area contributed by atoms with E-state index in [9.17, 15) is 9.59 Å². The Morgan fingerprint density at radius 3 is 2.88 bits per heavy atom. The van der Waals surface area contributed by atoms with Crippen LogP contribution in [-0.2, 0) is 11.2 Å². The maximum atomic E-state index is 12.7. The first-order valence-corrected chi connectivity index (χ1v) is 11.2. The number of nitrogens with zero attached hydrogens (tertiary/aromatic N) is 1. The van der Waals surface area contributed by atoms with E-state index in [1.54, 1.807) is 24.3 Å². The predicted octanol–water partition coefficient (Wildman–Crippen LogP) is 5.79. The highest BCUT2D eigenvalue weighted by atomic mass is 35.5. The Bertz CT molecular complexity index is 1360. The van der Waals surface area contributed by atoms with Gasteiger partial charge in [-0.2, -0.15) is 0 Å². The van der Waals surface area contributed by atoms with Gasteiger partial charge < -0.3 is 4.74 Å². The van der Waals surface area contributed by atoms with Gasteiger partial charge in [-0.15, -0.1) is 0 Å². The highest BCUT2D eigenvalue weighted by molar-refractivity contribution is 7.22. The number of thiazole rings is 1. The number of allylic oxidation sites excluding steroid dienone is 1. The third-order valence-corrected chi connectivity index (χ3v) is 6.29. The molecule has 7 heteroatoms. The fourth-order valence-corrected chi connectivity index (χ4v) is 4.67. The minimum absolute atomic E-state index is 0.0102. The molecule has 0 radical (unpaired) electrons. The van der Waals surface area contributed by atoms with Gasteiger partial charge in [-0.1, -0.05) is 53.3 Å². The second kappa shape index (κ2) is 8.57. The Balaban J connectivity index is 1.24. The molecule has 0 atom stereocenters. The summed E-state index contributed by atoms with van der Waals surface area (Å²) in [6.45, 7) is -0.140. The lowest BCUT2D eigenvalue weighted by molar-refractivity contribution is -0.118. The maximum absolute atomic E-state index is 12.7. The highest BCUT2D eigenvalue weighted by Gasteiger charge is 2.24. The molecule has 0 saturated carbocycles.